The molecule has 0 bridgehead atoms. The summed E-state index contributed by atoms with van der Waals surface area (Å²) in [5.74, 6) is 0. The maximum Gasteiger partial charge on any atom is 0.0541 e. The molecule has 4 heteroatoms. The van der Waals surface area contributed by atoms with E-state index >= 15 is 0 Å². The minimum Gasteiger partial charge on any atom is -0.309 e. The molecule has 556 valence electrons. The first-order chi connectivity index (χ1) is 59.5. The van der Waals surface area contributed by atoms with E-state index in [-0.39, 0.29) is 0 Å². The van der Waals surface area contributed by atoms with Crippen LogP contribution in [0.3, 0.4) is 0 Å². The molecule has 0 fully saturated rings. The van der Waals surface area contributed by atoms with Gasteiger partial charge in [-0.05, 0) is 259 Å². The van der Waals surface area contributed by atoms with Gasteiger partial charge in [-0.25, -0.2) is 0 Å². The van der Waals surface area contributed by atoms with Gasteiger partial charge >= 0.3 is 0 Å². The van der Waals surface area contributed by atoms with Gasteiger partial charge < -0.3 is 18.3 Å². The normalized spacial score (nSPS) is 12.0. The molecule has 0 spiro atoms. The molecule has 4 nitrogen and oxygen atoms in total. The maximum absolute atomic E-state index is 2.48. The van der Waals surface area contributed by atoms with Crippen LogP contribution >= 0.6 is 0 Å². The van der Waals surface area contributed by atoms with Gasteiger partial charge in [-0.2, -0.15) is 0 Å². The van der Waals surface area contributed by atoms with Gasteiger partial charge in [0, 0.05) is 65.5 Å². The Morgan fingerprint density at radius 1 is 0.117 bits per heavy atom. The number of rotatable bonds is 8. The molecular formula is C116H72N4. The molecule has 4 heterocycles. The van der Waals surface area contributed by atoms with Gasteiger partial charge in [-0.1, -0.05) is 303 Å². The van der Waals surface area contributed by atoms with Crippen LogP contribution in [0.5, 0.6) is 0 Å². The Hall–Kier alpha value is -15.9. The number of aromatic nitrogens is 4. The minimum atomic E-state index is 1.16. The Morgan fingerprint density at radius 3 is 0.892 bits per heavy atom. The second-order valence-electron chi connectivity index (χ2n) is 32.1. The fourth-order valence-corrected chi connectivity index (χ4v) is 20.3. The van der Waals surface area contributed by atoms with Gasteiger partial charge in [0.1, 0.15) is 0 Å². The van der Waals surface area contributed by atoms with E-state index in [1.165, 1.54) is 235 Å². The highest BCUT2D eigenvalue weighted by molar-refractivity contribution is 6.25. The number of fused-ring (bicyclic) bond motifs is 24. The van der Waals surface area contributed by atoms with Crippen LogP contribution in [0.1, 0.15) is 0 Å². The van der Waals surface area contributed by atoms with Crippen molar-refractivity contribution in [3.05, 3.63) is 437 Å². The predicted octanol–water partition coefficient (Wildman–Crippen LogP) is 31.7. The Bertz CT molecular complexity index is 8790. The van der Waals surface area contributed by atoms with Crippen LogP contribution in [0.4, 0.5) is 0 Å². The summed E-state index contributed by atoms with van der Waals surface area (Å²) < 4.78 is 9.66. The summed E-state index contributed by atoms with van der Waals surface area (Å²) in [6, 6.07) is 161. The zero-order valence-corrected chi connectivity index (χ0v) is 65.4. The monoisotopic (exact) mass is 1520 g/mol. The average molecular weight is 1520 g/mol. The third kappa shape index (κ3) is 10.4. The molecule has 0 aliphatic heterocycles. The van der Waals surface area contributed by atoms with Crippen molar-refractivity contribution >= 4 is 173 Å². The van der Waals surface area contributed by atoms with E-state index < -0.39 is 0 Å². The molecule has 0 unspecified atom stereocenters. The van der Waals surface area contributed by atoms with Gasteiger partial charge in [0.05, 0.1) is 49.8 Å². The predicted molar refractivity (Wildman–Crippen MR) is 512 cm³/mol. The minimum absolute atomic E-state index is 1.16. The van der Waals surface area contributed by atoms with E-state index in [0.29, 0.717) is 0 Å². The summed E-state index contributed by atoms with van der Waals surface area (Å²) in [5, 5.41) is 30.3. The van der Waals surface area contributed by atoms with Crippen LogP contribution in [0.25, 0.3) is 241 Å². The van der Waals surface area contributed by atoms with E-state index in [0.717, 1.165) is 5.69 Å². The van der Waals surface area contributed by atoms with Crippen molar-refractivity contribution in [1.29, 1.82) is 0 Å². The molecule has 26 rings (SSSR count). The number of para-hydroxylation sites is 6. The molecule has 0 aliphatic rings. The summed E-state index contributed by atoms with van der Waals surface area (Å²) in [6.07, 6.45) is 0. The zero-order chi connectivity index (χ0) is 78.6. The van der Waals surface area contributed by atoms with Gasteiger partial charge in [-0.15, -0.1) is 0 Å². The lowest BCUT2D eigenvalue weighted by Crippen LogP contribution is -1.97. The van der Waals surface area contributed by atoms with E-state index in [9.17, 15) is 0 Å². The SMILES string of the molecule is c1ccc(-n2c3ccccc3c3cc(-c4ccc5c(c4)c4ccccc4n5-c4ccc(-c5cc6c7ccccc7ccc6c6ccccc56)c5ccccc45)ccc32)cc1.c1ccc(-n2c3ccccc3c3cc(-c4ccc5c(c4)c4ccccc4n5-c4ccc5cc(-c6cc7c8ccccc8ccc7c7ccccc67)ccc5c4)ccc32)cc1. The van der Waals surface area contributed by atoms with E-state index in [1.54, 1.807) is 0 Å². The summed E-state index contributed by atoms with van der Waals surface area (Å²) in [4.78, 5) is 0. The first-order valence-electron chi connectivity index (χ1n) is 41.5. The van der Waals surface area contributed by atoms with Gasteiger partial charge in [-0.3, -0.25) is 0 Å². The smallest absolute Gasteiger partial charge is 0.0541 e. The standard InChI is InChI=1S/2C58H36N2/c1-2-13-43(14-3-1)59-55-20-10-8-18-49(55)53-34-40(26-30-57(53)59)41-27-31-58-54(35-41)50-19-9-11-21-56(50)60(58)44-28-24-38-32-42(23-22-39(38)33-44)51-36-52-45-15-5-4-12-37(45)25-29-48(52)46-16-6-7-17-47(46)51;1-2-15-40(16-3-1)59-54-24-12-10-22-48(54)52-34-38(27-31-57(52)59)39-28-32-58-53(35-39)49-23-11-13-25-55(49)60(58)56-33-30-46(43-19-8-9-21-47(43)56)51-36-50-41-17-5-4-14-37(41)26-29-45(50)42-18-6-7-20-44(42)51/h2*1-36H. The molecule has 0 saturated carbocycles. The van der Waals surface area contributed by atoms with Crippen LogP contribution in [-0.4, -0.2) is 18.3 Å². The fourth-order valence-electron chi connectivity index (χ4n) is 20.3. The average Bonchev–Trinajstić information content (AvgIpc) is 1.44. The highest BCUT2D eigenvalue weighted by Crippen LogP contribution is 2.47. The molecule has 22 aromatic carbocycles. The third-order valence-electron chi connectivity index (χ3n) is 25.7. The maximum atomic E-state index is 2.48. The van der Waals surface area contributed by atoms with E-state index in [2.05, 4.69) is 455 Å². The molecule has 0 N–H and O–H groups in total. The first-order valence-corrected chi connectivity index (χ1v) is 41.5. The van der Waals surface area contributed by atoms with Crippen molar-refractivity contribution in [3.63, 3.8) is 0 Å². The second kappa shape index (κ2) is 26.9. The lowest BCUT2D eigenvalue weighted by atomic mass is 9.89. The van der Waals surface area contributed by atoms with E-state index in [1.807, 2.05) is 0 Å². The van der Waals surface area contributed by atoms with E-state index in [4.69, 9.17) is 0 Å². The van der Waals surface area contributed by atoms with Crippen molar-refractivity contribution in [3.8, 4) is 67.3 Å². The molecule has 4 aromatic heterocycles. The third-order valence-corrected chi connectivity index (χ3v) is 25.7. The summed E-state index contributed by atoms with van der Waals surface area (Å²) in [5.41, 5.74) is 24.2. The van der Waals surface area contributed by atoms with Crippen LogP contribution in [0.2, 0.25) is 0 Å². The van der Waals surface area contributed by atoms with Gasteiger partial charge in [0.25, 0.3) is 0 Å². The Kier molecular flexibility index (Phi) is 15.1. The highest BCUT2D eigenvalue weighted by atomic mass is 15.0. The molecular weight excluding hydrogens is 1450 g/mol. The summed E-state index contributed by atoms with van der Waals surface area (Å²) >= 11 is 0. The molecule has 0 amide bonds. The molecule has 0 atom stereocenters. The zero-order valence-electron chi connectivity index (χ0n) is 65.4. The number of hydrogen-bond donors (Lipinski definition) is 0. The van der Waals surface area contributed by atoms with Crippen molar-refractivity contribution < 1.29 is 0 Å². The largest absolute Gasteiger partial charge is 0.309 e. The topological polar surface area (TPSA) is 19.7 Å². The molecule has 0 saturated heterocycles. The Morgan fingerprint density at radius 2 is 0.425 bits per heavy atom. The lowest BCUT2D eigenvalue weighted by Gasteiger charge is -2.17. The van der Waals surface area contributed by atoms with Crippen molar-refractivity contribution in [2.24, 2.45) is 0 Å². The molecule has 120 heavy (non-hydrogen) atoms. The van der Waals surface area contributed by atoms with Crippen molar-refractivity contribution in [2.45, 2.75) is 0 Å². The molecule has 26 aromatic rings. The Labute approximate surface area is 691 Å². The summed E-state index contributed by atoms with van der Waals surface area (Å²) in [6.45, 7) is 0. The highest BCUT2D eigenvalue weighted by Gasteiger charge is 2.23. The number of hydrogen-bond acceptors (Lipinski definition) is 0. The van der Waals surface area contributed by atoms with Gasteiger partial charge in [0.15, 0.2) is 0 Å². The Balaban J connectivity index is 0.000000133. The summed E-state index contributed by atoms with van der Waals surface area (Å²) in [7, 11) is 0. The van der Waals surface area contributed by atoms with Crippen LogP contribution in [0.15, 0.2) is 437 Å². The van der Waals surface area contributed by atoms with Gasteiger partial charge in [0.2, 0.25) is 0 Å². The van der Waals surface area contributed by atoms with Crippen molar-refractivity contribution in [1.82, 2.24) is 18.3 Å². The lowest BCUT2D eigenvalue weighted by molar-refractivity contribution is 1.18. The number of benzene rings is 22. The molecule has 0 radical (unpaired) electrons. The molecule has 0 aliphatic carbocycles. The van der Waals surface area contributed by atoms with Crippen LogP contribution < -0.4 is 0 Å². The fraction of sp³-hybridized carbons (Fsp3) is 0. The number of nitrogens with zero attached hydrogens (tertiary/aromatic N) is 4. The van der Waals surface area contributed by atoms with Crippen LogP contribution in [0, 0.1) is 0 Å². The van der Waals surface area contributed by atoms with Crippen LogP contribution in [-0.2, 0) is 0 Å². The second-order valence-corrected chi connectivity index (χ2v) is 32.1. The first kappa shape index (κ1) is 67.5. The van der Waals surface area contributed by atoms with Crippen molar-refractivity contribution in [2.75, 3.05) is 0 Å². The quantitative estimate of drug-likeness (QED) is 0.135.